The van der Waals surface area contributed by atoms with E-state index in [9.17, 15) is 14.0 Å². The molecule has 9 heteroatoms. The minimum absolute atomic E-state index is 0.137. The molecule has 1 N–H and O–H groups in total. The highest BCUT2D eigenvalue weighted by molar-refractivity contribution is 5.99. The number of nitrogens with one attached hydrogen (secondary N) is 1. The lowest BCUT2D eigenvalue weighted by molar-refractivity contribution is -0.131. The van der Waals surface area contributed by atoms with Crippen molar-refractivity contribution in [1.29, 1.82) is 0 Å². The topological polar surface area (TPSA) is 87.4 Å². The van der Waals surface area contributed by atoms with Crippen LogP contribution in [0, 0.1) is 5.82 Å². The van der Waals surface area contributed by atoms with Crippen molar-refractivity contribution in [1.82, 2.24) is 19.7 Å². The smallest absolute Gasteiger partial charge is 0.282 e. The van der Waals surface area contributed by atoms with Crippen LogP contribution in [0.15, 0.2) is 71.8 Å². The second-order valence-electron chi connectivity index (χ2n) is 7.84. The molecule has 0 aliphatic carbocycles. The van der Waals surface area contributed by atoms with Crippen molar-refractivity contribution in [3.8, 4) is 16.9 Å². The van der Waals surface area contributed by atoms with Crippen molar-refractivity contribution in [2.75, 3.05) is 19.8 Å². The van der Waals surface area contributed by atoms with Crippen molar-refractivity contribution < 1.29 is 18.7 Å². The van der Waals surface area contributed by atoms with Gasteiger partial charge in [0.2, 0.25) is 0 Å². The molecule has 1 amide bonds. The van der Waals surface area contributed by atoms with E-state index < -0.39 is 12.2 Å². The third kappa shape index (κ3) is 5.64. The summed E-state index contributed by atoms with van der Waals surface area (Å²) >= 11 is 0. The Bertz CT molecular complexity index is 1300. The first-order chi connectivity index (χ1) is 17.0. The van der Waals surface area contributed by atoms with Gasteiger partial charge in [0, 0.05) is 32.2 Å². The van der Waals surface area contributed by atoms with Crippen LogP contribution in [0.4, 0.5) is 4.39 Å². The number of amides is 1. The number of fused-ring (bicyclic) bond motifs is 1. The van der Waals surface area contributed by atoms with Crippen molar-refractivity contribution in [3.63, 3.8) is 0 Å². The second-order valence-corrected chi connectivity index (χ2v) is 7.84. The van der Waals surface area contributed by atoms with E-state index in [0.717, 1.165) is 5.56 Å². The third-order valence-corrected chi connectivity index (χ3v) is 5.38. The fourth-order valence-electron chi connectivity index (χ4n) is 3.77. The van der Waals surface area contributed by atoms with Crippen LogP contribution in [0.5, 0.6) is 0 Å². The fourth-order valence-corrected chi connectivity index (χ4v) is 3.77. The summed E-state index contributed by atoms with van der Waals surface area (Å²) < 4.78 is 27.4. The number of para-hydroxylation sites is 1. The van der Waals surface area contributed by atoms with Gasteiger partial charge in [0.15, 0.2) is 6.29 Å². The second kappa shape index (κ2) is 11.1. The Balaban J connectivity index is 1.73. The van der Waals surface area contributed by atoms with Gasteiger partial charge < -0.3 is 19.4 Å². The number of carbonyl (C=O) groups is 1. The largest absolute Gasteiger partial charge is 0.351 e. The number of ether oxygens (including phenoxy) is 2. The number of benzene rings is 2. The first-order valence-electron chi connectivity index (χ1n) is 11.4. The molecule has 0 saturated carbocycles. The highest BCUT2D eigenvalue weighted by Crippen LogP contribution is 2.23. The zero-order valence-electron chi connectivity index (χ0n) is 19.6. The molecule has 0 fully saturated rings. The van der Waals surface area contributed by atoms with Gasteiger partial charge in [-0.15, -0.1) is 0 Å². The normalized spacial score (nSPS) is 11.3. The van der Waals surface area contributed by atoms with Gasteiger partial charge in [0.25, 0.3) is 11.5 Å². The zero-order chi connectivity index (χ0) is 24.8. The molecule has 35 heavy (non-hydrogen) atoms. The number of aromatic nitrogens is 3. The number of hydrogen-bond acceptors (Lipinski definition) is 5. The van der Waals surface area contributed by atoms with Gasteiger partial charge >= 0.3 is 0 Å². The van der Waals surface area contributed by atoms with Crippen LogP contribution in [0.2, 0.25) is 0 Å². The molecule has 0 saturated heterocycles. The molecule has 2 aliphatic heterocycles. The maximum atomic E-state index is 13.3. The standard InChI is InChI=1S/C26H27FN4O4/c1-3-34-23(35-4-2)14-28-25(32)21-16-30(15-18-10-12-19(27)13-11-18)17-22-24(21)29-31(26(22)33)20-8-6-5-7-9-20/h5-13,16-17,23H,3-4,14-15H2,1-2H3,(H,28,32). The van der Waals surface area contributed by atoms with Crippen molar-refractivity contribution in [2.45, 2.75) is 26.7 Å². The van der Waals surface area contributed by atoms with Crippen molar-refractivity contribution in [2.24, 2.45) is 0 Å². The highest BCUT2D eigenvalue weighted by atomic mass is 19.1. The molecule has 2 heterocycles. The Morgan fingerprint density at radius 1 is 1.03 bits per heavy atom. The number of rotatable bonds is 10. The summed E-state index contributed by atoms with van der Waals surface area (Å²) in [5, 5.41) is 7.31. The SMILES string of the molecule is CCOC(CNC(=O)c1cn(Cc2ccc(F)cc2)cc2c(=O)n(-c3ccccc3)nc1-2)OCC. The van der Waals surface area contributed by atoms with Gasteiger partial charge in [-0.2, -0.15) is 9.78 Å². The molecule has 2 aliphatic rings. The fraction of sp³-hybridized carbons (Fsp3) is 0.269. The molecule has 0 unspecified atom stereocenters. The maximum Gasteiger partial charge on any atom is 0.282 e. The summed E-state index contributed by atoms with van der Waals surface area (Å²) in [7, 11) is 0. The molecule has 182 valence electrons. The van der Waals surface area contributed by atoms with E-state index in [1.165, 1.54) is 16.8 Å². The number of nitrogens with zero attached hydrogens (tertiary/aromatic N) is 3. The molecule has 0 atom stereocenters. The quantitative estimate of drug-likeness (QED) is 0.353. The van der Waals surface area contributed by atoms with Crippen LogP contribution < -0.4 is 10.9 Å². The molecule has 0 radical (unpaired) electrons. The summed E-state index contributed by atoms with van der Waals surface area (Å²) in [5.74, 6) is -0.746. The average Bonchev–Trinajstić information content (AvgIpc) is 3.20. The van der Waals surface area contributed by atoms with Crippen LogP contribution in [-0.2, 0) is 16.0 Å². The predicted octanol–water partition coefficient (Wildman–Crippen LogP) is 3.46. The van der Waals surface area contributed by atoms with Gasteiger partial charge in [-0.3, -0.25) is 9.59 Å². The van der Waals surface area contributed by atoms with Gasteiger partial charge in [0.1, 0.15) is 11.5 Å². The summed E-state index contributed by atoms with van der Waals surface area (Å²) in [6.07, 6.45) is 2.71. The monoisotopic (exact) mass is 478 g/mol. The first kappa shape index (κ1) is 24.3. The van der Waals surface area contributed by atoms with Gasteiger partial charge in [0.05, 0.1) is 23.4 Å². The third-order valence-electron chi connectivity index (χ3n) is 5.38. The van der Waals surface area contributed by atoms with Crippen LogP contribution in [0.25, 0.3) is 16.9 Å². The molecule has 4 rings (SSSR count). The van der Waals surface area contributed by atoms with E-state index >= 15 is 0 Å². The van der Waals surface area contributed by atoms with Gasteiger partial charge in [-0.25, -0.2) is 4.39 Å². The van der Waals surface area contributed by atoms with E-state index in [2.05, 4.69) is 10.4 Å². The number of pyridine rings is 1. The zero-order valence-corrected chi connectivity index (χ0v) is 19.6. The van der Waals surface area contributed by atoms with Gasteiger partial charge in [-0.1, -0.05) is 30.3 Å². The molecule has 0 spiro atoms. The lowest BCUT2D eigenvalue weighted by Crippen LogP contribution is -2.36. The molecule has 2 aromatic carbocycles. The van der Waals surface area contributed by atoms with Crippen LogP contribution in [0.1, 0.15) is 29.8 Å². The van der Waals surface area contributed by atoms with E-state index in [1.807, 2.05) is 32.0 Å². The molecule has 2 aromatic rings. The number of hydrogen-bond donors (Lipinski definition) is 1. The molecular formula is C26H27FN4O4. The van der Waals surface area contributed by atoms with E-state index in [-0.39, 0.29) is 29.2 Å². The summed E-state index contributed by atoms with van der Waals surface area (Å²) in [6, 6.07) is 15.1. The number of halogens is 1. The van der Waals surface area contributed by atoms with E-state index in [4.69, 9.17) is 9.47 Å². The van der Waals surface area contributed by atoms with Crippen molar-refractivity contribution in [3.05, 3.63) is 94.3 Å². The molecule has 8 nitrogen and oxygen atoms in total. The Labute approximate surface area is 202 Å². The minimum atomic E-state index is -0.587. The highest BCUT2D eigenvalue weighted by Gasteiger charge is 2.25. The van der Waals surface area contributed by atoms with Crippen LogP contribution in [-0.4, -0.2) is 46.3 Å². The molecule has 0 aromatic heterocycles. The Hall–Kier alpha value is -3.82. The van der Waals surface area contributed by atoms with E-state index in [0.29, 0.717) is 31.0 Å². The Morgan fingerprint density at radius 3 is 2.37 bits per heavy atom. The Morgan fingerprint density at radius 2 is 1.71 bits per heavy atom. The minimum Gasteiger partial charge on any atom is -0.351 e. The lowest BCUT2D eigenvalue weighted by Gasteiger charge is -2.18. The van der Waals surface area contributed by atoms with Crippen LogP contribution in [0.3, 0.4) is 0 Å². The van der Waals surface area contributed by atoms with E-state index in [1.54, 1.807) is 41.2 Å². The van der Waals surface area contributed by atoms with Gasteiger partial charge in [-0.05, 0) is 43.7 Å². The average molecular weight is 479 g/mol. The molecule has 0 bridgehead atoms. The molecular weight excluding hydrogens is 451 g/mol. The summed E-state index contributed by atoms with van der Waals surface area (Å²) in [4.78, 5) is 26.5. The maximum absolute atomic E-state index is 13.3. The summed E-state index contributed by atoms with van der Waals surface area (Å²) in [5.41, 5.74) is 1.90. The first-order valence-corrected chi connectivity index (χ1v) is 11.4. The van der Waals surface area contributed by atoms with Crippen LogP contribution >= 0.6 is 0 Å². The summed E-state index contributed by atoms with van der Waals surface area (Å²) in [6.45, 7) is 5.05. The number of carbonyl (C=O) groups excluding carboxylic acids is 1. The Kier molecular flexibility index (Phi) is 7.69. The lowest BCUT2D eigenvalue weighted by atomic mass is 10.1. The predicted molar refractivity (Wildman–Crippen MR) is 129 cm³/mol. The van der Waals surface area contributed by atoms with Crippen molar-refractivity contribution >= 4 is 5.91 Å².